The smallest absolute Gasteiger partial charge is 0.304 e. The lowest BCUT2D eigenvalue weighted by Gasteiger charge is -2.58. The molecule has 4 saturated carbocycles. The number of rotatable bonds is 3. The Labute approximate surface area is 102 Å². The van der Waals surface area contributed by atoms with E-state index in [0.29, 0.717) is 0 Å². The second kappa shape index (κ2) is 3.73. The van der Waals surface area contributed by atoms with E-state index in [2.05, 4.69) is 6.07 Å². The van der Waals surface area contributed by atoms with E-state index in [1.807, 2.05) is 0 Å². The van der Waals surface area contributed by atoms with E-state index < -0.39 is 5.97 Å². The fourth-order valence-corrected chi connectivity index (χ4v) is 5.18. The van der Waals surface area contributed by atoms with E-state index in [1.54, 1.807) is 0 Å². The molecule has 4 aliphatic rings. The zero-order valence-corrected chi connectivity index (χ0v) is 10.1. The maximum atomic E-state index is 10.9. The first kappa shape index (κ1) is 11.1. The summed E-state index contributed by atoms with van der Waals surface area (Å²) in [6.45, 7) is 0. The summed E-state index contributed by atoms with van der Waals surface area (Å²) in [7, 11) is 0. The molecule has 0 saturated heterocycles. The molecule has 1 atom stereocenters. The highest BCUT2D eigenvalue weighted by atomic mass is 16.4. The van der Waals surface area contributed by atoms with Gasteiger partial charge in [-0.2, -0.15) is 5.26 Å². The van der Waals surface area contributed by atoms with Crippen LogP contribution in [0.1, 0.15) is 44.9 Å². The molecule has 0 amide bonds. The third-order valence-electron chi connectivity index (χ3n) is 5.36. The van der Waals surface area contributed by atoms with Gasteiger partial charge in [-0.25, -0.2) is 0 Å². The van der Waals surface area contributed by atoms with Crippen LogP contribution in [0.3, 0.4) is 0 Å². The molecule has 0 spiro atoms. The summed E-state index contributed by atoms with van der Waals surface area (Å²) in [6, 6.07) is 2.31. The second-order valence-corrected chi connectivity index (χ2v) is 6.56. The first-order chi connectivity index (χ1) is 8.11. The lowest BCUT2D eigenvalue weighted by atomic mass is 9.46. The van der Waals surface area contributed by atoms with Crippen molar-refractivity contribution >= 4 is 5.97 Å². The highest BCUT2D eigenvalue weighted by molar-refractivity contribution is 5.67. The summed E-state index contributed by atoms with van der Waals surface area (Å²) in [5.74, 6) is 1.28. The van der Waals surface area contributed by atoms with Crippen molar-refractivity contribution in [2.24, 2.45) is 29.1 Å². The van der Waals surface area contributed by atoms with Crippen molar-refractivity contribution in [2.75, 3.05) is 0 Å². The molecule has 92 valence electrons. The van der Waals surface area contributed by atoms with Crippen LogP contribution in [-0.4, -0.2) is 11.1 Å². The normalized spacial score (nSPS) is 44.3. The zero-order valence-electron chi connectivity index (χ0n) is 10.1. The number of nitriles is 1. The van der Waals surface area contributed by atoms with Gasteiger partial charge in [0.25, 0.3) is 0 Å². The van der Waals surface area contributed by atoms with Crippen molar-refractivity contribution in [2.45, 2.75) is 44.9 Å². The van der Waals surface area contributed by atoms with Crippen molar-refractivity contribution in [1.29, 1.82) is 5.26 Å². The summed E-state index contributed by atoms with van der Waals surface area (Å²) in [5.41, 5.74) is 0.0574. The molecular formula is C14H19NO2. The molecule has 4 aliphatic carbocycles. The number of hydrogen-bond acceptors (Lipinski definition) is 2. The zero-order chi connectivity index (χ0) is 12.0. The molecule has 1 unspecified atom stereocenters. The Hall–Kier alpha value is -1.04. The van der Waals surface area contributed by atoms with Crippen LogP contribution < -0.4 is 0 Å². The van der Waals surface area contributed by atoms with Gasteiger partial charge >= 0.3 is 5.97 Å². The number of carboxylic acid groups (broad SMARTS) is 1. The molecule has 3 nitrogen and oxygen atoms in total. The topological polar surface area (TPSA) is 61.1 Å². The van der Waals surface area contributed by atoms with Gasteiger partial charge in [-0.05, 0) is 61.7 Å². The average Bonchev–Trinajstić information content (AvgIpc) is 2.23. The van der Waals surface area contributed by atoms with Gasteiger partial charge in [0.2, 0.25) is 0 Å². The quantitative estimate of drug-likeness (QED) is 0.815. The minimum absolute atomic E-state index is 0.0443. The van der Waals surface area contributed by atoms with E-state index >= 15 is 0 Å². The maximum absolute atomic E-state index is 10.9. The van der Waals surface area contributed by atoms with E-state index in [1.165, 1.54) is 19.3 Å². The number of hydrogen-bond donors (Lipinski definition) is 1. The summed E-state index contributed by atoms with van der Waals surface area (Å²) in [6.07, 6.45) is 7.40. The van der Waals surface area contributed by atoms with Gasteiger partial charge in [-0.1, -0.05) is 0 Å². The van der Waals surface area contributed by atoms with Gasteiger partial charge in [-0.15, -0.1) is 0 Å². The molecule has 4 rings (SSSR count). The van der Waals surface area contributed by atoms with Crippen LogP contribution in [0.15, 0.2) is 0 Å². The highest BCUT2D eigenvalue weighted by Gasteiger charge is 2.54. The highest BCUT2D eigenvalue weighted by Crippen LogP contribution is 2.63. The standard InChI is InChI=1S/C14H19NO2/c15-8-12(4-13(16)17)14-5-9-1-10(6-14)3-11(2-9)7-14/h9-12H,1-7H2,(H,16,17). The third kappa shape index (κ3) is 1.74. The number of aliphatic carboxylic acids is 1. The largest absolute Gasteiger partial charge is 0.481 e. The van der Waals surface area contributed by atoms with Gasteiger partial charge in [-0.3, -0.25) is 4.79 Å². The van der Waals surface area contributed by atoms with E-state index in [-0.39, 0.29) is 17.8 Å². The number of carbonyl (C=O) groups is 1. The van der Waals surface area contributed by atoms with E-state index in [4.69, 9.17) is 5.11 Å². The minimum atomic E-state index is -0.813. The molecule has 4 fully saturated rings. The average molecular weight is 233 g/mol. The van der Waals surface area contributed by atoms with Crippen LogP contribution in [-0.2, 0) is 4.79 Å². The lowest BCUT2D eigenvalue weighted by molar-refractivity contribution is -0.141. The molecular weight excluding hydrogens is 214 g/mol. The van der Waals surface area contributed by atoms with Crippen LogP contribution in [0, 0.1) is 40.4 Å². The molecule has 0 heterocycles. The SMILES string of the molecule is N#CC(CC(=O)O)C12CC3CC(CC(C3)C1)C2. The van der Waals surface area contributed by atoms with Gasteiger partial charge in [0.1, 0.15) is 0 Å². The van der Waals surface area contributed by atoms with E-state index in [9.17, 15) is 10.1 Å². The van der Waals surface area contributed by atoms with Crippen molar-refractivity contribution in [3.8, 4) is 6.07 Å². The lowest BCUT2D eigenvalue weighted by Crippen LogP contribution is -2.49. The summed E-state index contributed by atoms with van der Waals surface area (Å²) < 4.78 is 0. The first-order valence-corrected chi connectivity index (χ1v) is 6.73. The second-order valence-electron chi connectivity index (χ2n) is 6.56. The maximum Gasteiger partial charge on any atom is 0.304 e. The molecule has 3 heteroatoms. The van der Waals surface area contributed by atoms with Gasteiger partial charge in [0, 0.05) is 0 Å². The number of carboxylic acids is 1. The first-order valence-electron chi connectivity index (χ1n) is 6.73. The minimum Gasteiger partial charge on any atom is -0.481 e. The van der Waals surface area contributed by atoms with Crippen LogP contribution in [0.2, 0.25) is 0 Å². The predicted octanol–water partition coefficient (Wildman–Crippen LogP) is 2.82. The Morgan fingerprint density at radius 2 is 1.71 bits per heavy atom. The fourth-order valence-electron chi connectivity index (χ4n) is 5.18. The Balaban J connectivity index is 1.85. The molecule has 4 bridgehead atoms. The Morgan fingerprint density at radius 1 is 1.24 bits per heavy atom. The molecule has 17 heavy (non-hydrogen) atoms. The molecule has 0 aromatic heterocycles. The third-order valence-corrected chi connectivity index (χ3v) is 5.36. The molecule has 0 aromatic rings. The number of nitrogens with zero attached hydrogens (tertiary/aromatic N) is 1. The van der Waals surface area contributed by atoms with Crippen molar-refractivity contribution < 1.29 is 9.90 Å². The Kier molecular flexibility index (Phi) is 2.43. The molecule has 0 aliphatic heterocycles. The fraction of sp³-hybridized carbons (Fsp3) is 0.857. The molecule has 0 aromatic carbocycles. The van der Waals surface area contributed by atoms with Crippen molar-refractivity contribution in [1.82, 2.24) is 0 Å². The van der Waals surface area contributed by atoms with Crippen LogP contribution in [0.4, 0.5) is 0 Å². The van der Waals surface area contributed by atoms with Crippen molar-refractivity contribution in [3.05, 3.63) is 0 Å². The van der Waals surface area contributed by atoms with Crippen LogP contribution in [0.25, 0.3) is 0 Å². The van der Waals surface area contributed by atoms with Crippen molar-refractivity contribution in [3.63, 3.8) is 0 Å². The van der Waals surface area contributed by atoms with Gasteiger partial charge in [0.05, 0.1) is 18.4 Å². The Bertz CT molecular complexity index is 347. The predicted molar refractivity (Wildman–Crippen MR) is 62.0 cm³/mol. The monoisotopic (exact) mass is 233 g/mol. The summed E-state index contributed by atoms with van der Waals surface area (Å²) >= 11 is 0. The van der Waals surface area contributed by atoms with Gasteiger partial charge in [0.15, 0.2) is 0 Å². The van der Waals surface area contributed by atoms with Crippen LogP contribution in [0.5, 0.6) is 0 Å². The summed E-state index contributed by atoms with van der Waals surface area (Å²) in [4.78, 5) is 10.9. The Morgan fingerprint density at radius 3 is 2.06 bits per heavy atom. The van der Waals surface area contributed by atoms with E-state index in [0.717, 1.165) is 37.0 Å². The molecule has 0 radical (unpaired) electrons. The molecule has 1 N–H and O–H groups in total. The summed E-state index contributed by atoms with van der Waals surface area (Å²) in [5, 5.41) is 18.3. The van der Waals surface area contributed by atoms with Gasteiger partial charge < -0.3 is 5.11 Å². The van der Waals surface area contributed by atoms with Crippen LogP contribution >= 0.6 is 0 Å².